The SMILES string of the molecule is C[C@]1(CO)CCC[C@]2(C)C1CC[C@]13C=C(C(=O)O)C(CCC12)C3. The van der Waals surface area contributed by atoms with Crippen molar-refractivity contribution >= 4 is 5.97 Å². The Morgan fingerprint density at radius 3 is 2.65 bits per heavy atom. The molecule has 3 saturated carbocycles. The van der Waals surface area contributed by atoms with E-state index in [1.807, 2.05) is 0 Å². The van der Waals surface area contributed by atoms with Gasteiger partial charge >= 0.3 is 5.97 Å². The van der Waals surface area contributed by atoms with Gasteiger partial charge in [0.1, 0.15) is 0 Å². The smallest absolute Gasteiger partial charge is 0.331 e. The van der Waals surface area contributed by atoms with E-state index in [0.717, 1.165) is 32.1 Å². The predicted molar refractivity (Wildman–Crippen MR) is 88.9 cm³/mol. The van der Waals surface area contributed by atoms with E-state index in [1.165, 1.54) is 19.3 Å². The van der Waals surface area contributed by atoms with Crippen LogP contribution in [0.5, 0.6) is 0 Å². The molecule has 0 heterocycles. The molecule has 0 saturated heterocycles. The molecule has 4 aliphatic rings. The zero-order valence-corrected chi connectivity index (χ0v) is 14.5. The van der Waals surface area contributed by atoms with E-state index in [9.17, 15) is 15.0 Å². The van der Waals surface area contributed by atoms with Crippen molar-refractivity contribution in [3.63, 3.8) is 0 Å². The molecule has 0 radical (unpaired) electrons. The summed E-state index contributed by atoms with van der Waals surface area (Å²) >= 11 is 0. The molecule has 128 valence electrons. The largest absolute Gasteiger partial charge is 0.478 e. The topological polar surface area (TPSA) is 57.5 Å². The van der Waals surface area contributed by atoms with Crippen molar-refractivity contribution in [2.75, 3.05) is 6.61 Å². The molecule has 0 aromatic rings. The minimum Gasteiger partial charge on any atom is -0.478 e. The van der Waals surface area contributed by atoms with Gasteiger partial charge in [-0.15, -0.1) is 0 Å². The van der Waals surface area contributed by atoms with Crippen LogP contribution in [0, 0.1) is 34.0 Å². The first-order valence-electron chi connectivity index (χ1n) is 9.42. The minimum absolute atomic E-state index is 0.0589. The van der Waals surface area contributed by atoms with E-state index < -0.39 is 5.97 Å². The van der Waals surface area contributed by atoms with E-state index >= 15 is 0 Å². The number of rotatable bonds is 2. The fourth-order valence-corrected chi connectivity index (χ4v) is 7.50. The van der Waals surface area contributed by atoms with Gasteiger partial charge in [-0.3, -0.25) is 0 Å². The third kappa shape index (κ3) is 1.95. The Labute approximate surface area is 139 Å². The van der Waals surface area contributed by atoms with Crippen molar-refractivity contribution in [3.05, 3.63) is 11.6 Å². The second-order valence-corrected chi connectivity index (χ2v) is 9.43. The summed E-state index contributed by atoms with van der Waals surface area (Å²) in [6.07, 6.45) is 11.3. The third-order valence-corrected chi connectivity index (χ3v) is 8.41. The van der Waals surface area contributed by atoms with Crippen molar-refractivity contribution in [2.45, 2.75) is 65.2 Å². The number of hydrogen-bond acceptors (Lipinski definition) is 2. The molecule has 3 fully saturated rings. The number of carboxylic acid groups (broad SMARTS) is 1. The van der Waals surface area contributed by atoms with E-state index in [0.29, 0.717) is 24.0 Å². The number of aliphatic carboxylic acids is 1. The second-order valence-electron chi connectivity index (χ2n) is 9.43. The molecule has 3 heteroatoms. The average molecular weight is 318 g/mol. The van der Waals surface area contributed by atoms with Gasteiger partial charge in [-0.25, -0.2) is 4.79 Å². The summed E-state index contributed by atoms with van der Waals surface area (Å²) in [7, 11) is 0. The van der Waals surface area contributed by atoms with Crippen LogP contribution in [0.2, 0.25) is 0 Å². The molecule has 0 aromatic carbocycles. The molecule has 0 aromatic heterocycles. The van der Waals surface area contributed by atoms with Crippen LogP contribution in [0.15, 0.2) is 11.6 Å². The molecule has 2 bridgehead atoms. The van der Waals surface area contributed by atoms with E-state index in [-0.39, 0.29) is 22.2 Å². The van der Waals surface area contributed by atoms with Gasteiger partial charge in [-0.1, -0.05) is 26.3 Å². The highest BCUT2D eigenvalue weighted by molar-refractivity contribution is 5.88. The maximum Gasteiger partial charge on any atom is 0.331 e. The molecular formula is C20H30O3. The number of carboxylic acids is 1. The van der Waals surface area contributed by atoms with E-state index in [1.54, 1.807) is 0 Å². The molecule has 4 aliphatic carbocycles. The Morgan fingerprint density at radius 2 is 1.96 bits per heavy atom. The zero-order valence-electron chi connectivity index (χ0n) is 14.5. The zero-order chi connectivity index (χ0) is 16.5. The quantitative estimate of drug-likeness (QED) is 0.808. The molecular weight excluding hydrogens is 288 g/mol. The molecule has 23 heavy (non-hydrogen) atoms. The summed E-state index contributed by atoms with van der Waals surface area (Å²) in [5.41, 5.74) is 1.16. The van der Waals surface area contributed by atoms with E-state index in [2.05, 4.69) is 19.9 Å². The number of aliphatic hydroxyl groups is 1. The lowest BCUT2D eigenvalue weighted by atomic mass is 9.41. The van der Waals surface area contributed by atoms with Crippen molar-refractivity contribution in [1.82, 2.24) is 0 Å². The fraction of sp³-hybridized carbons (Fsp3) is 0.850. The lowest BCUT2D eigenvalue weighted by Gasteiger charge is -2.64. The molecule has 0 aliphatic heterocycles. The molecule has 0 amide bonds. The average Bonchev–Trinajstić information content (AvgIpc) is 2.78. The first-order valence-corrected chi connectivity index (χ1v) is 9.42. The van der Waals surface area contributed by atoms with Crippen molar-refractivity contribution < 1.29 is 15.0 Å². The van der Waals surface area contributed by atoms with Gasteiger partial charge in [0.15, 0.2) is 0 Å². The molecule has 1 spiro atoms. The first kappa shape index (κ1) is 15.7. The van der Waals surface area contributed by atoms with Crippen LogP contribution in [0.25, 0.3) is 0 Å². The van der Waals surface area contributed by atoms with Gasteiger partial charge in [0.05, 0.1) is 0 Å². The molecule has 4 rings (SSSR count). The maximum absolute atomic E-state index is 11.6. The van der Waals surface area contributed by atoms with Crippen LogP contribution in [-0.2, 0) is 4.79 Å². The monoisotopic (exact) mass is 318 g/mol. The lowest BCUT2D eigenvalue weighted by molar-refractivity contribution is -0.149. The van der Waals surface area contributed by atoms with Gasteiger partial charge in [-0.05, 0) is 78.9 Å². The summed E-state index contributed by atoms with van der Waals surface area (Å²) in [5, 5.41) is 19.6. The van der Waals surface area contributed by atoms with Crippen molar-refractivity contribution in [2.24, 2.45) is 34.0 Å². The summed E-state index contributed by atoms with van der Waals surface area (Å²) < 4.78 is 0. The Bertz CT molecular complexity index is 567. The standard InChI is InChI=1S/C20H30O3/c1-18(12-21)7-3-8-19(2)15(18)6-9-20-10-13(4-5-16(19)20)14(11-20)17(22)23/h11,13,15-16,21H,3-10,12H2,1-2H3,(H,22,23)/t13?,15?,16?,18-,19-,20+/m1/s1. The molecule has 3 nitrogen and oxygen atoms in total. The summed E-state index contributed by atoms with van der Waals surface area (Å²) in [6, 6.07) is 0. The summed E-state index contributed by atoms with van der Waals surface area (Å²) in [4.78, 5) is 11.6. The van der Waals surface area contributed by atoms with Crippen LogP contribution in [0.3, 0.4) is 0 Å². The Morgan fingerprint density at radius 1 is 1.17 bits per heavy atom. The molecule has 3 unspecified atom stereocenters. The predicted octanol–water partition coefficient (Wildman–Crippen LogP) is 4.01. The highest BCUT2D eigenvalue weighted by Crippen LogP contribution is 2.70. The van der Waals surface area contributed by atoms with Gasteiger partial charge < -0.3 is 10.2 Å². The van der Waals surface area contributed by atoms with Crippen LogP contribution >= 0.6 is 0 Å². The number of fused-ring (bicyclic) bond motifs is 3. The van der Waals surface area contributed by atoms with Crippen molar-refractivity contribution in [3.8, 4) is 0 Å². The van der Waals surface area contributed by atoms with Gasteiger partial charge in [0.25, 0.3) is 0 Å². The number of allylic oxidation sites excluding steroid dienone is 1. The Hall–Kier alpha value is -0.830. The van der Waals surface area contributed by atoms with Gasteiger partial charge in [0.2, 0.25) is 0 Å². The first-order chi connectivity index (χ1) is 10.8. The number of hydrogen-bond donors (Lipinski definition) is 2. The van der Waals surface area contributed by atoms with Gasteiger partial charge in [-0.2, -0.15) is 0 Å². The highest BCUT2D eigenvalue weighted by atomic mass is 16.4. The molecule has 6 atom stereocenters. The van der Waals surface area contributed by atoms with E-state index in [4.69, 9.17) is 0 Å². The Balaban J connectivity index is 1.75. The minimum atomic E-state index is -0.691. The number of aliphatic hydroxyl groups excluding tert-OH is 1. The molecule has 2 N–H and O–H groups in total. The third-order valence-electron chi connectivity index (χ3n) is 8.41. The van der Waals surface area contributed by atoms with Crippen LogP contribution in [-0.4, -0.2) is 22.8 Å². The normalized spacial score (nSPS) is 51.6. The maximum atomic E-state index is 11.6. The van der Waals surface area contributed by atoms with Crippen LogP contribution in [0.4, 0.5) is 0 Å². The Kier molecular flexibility index (Phi) is 3.30. The van der Waals surface area contributed by atoms with Gasteiger partial charge in [0, 0.05) is 12.2 Å². The van der Waals surface area contributed by atoms with Crippen LogP contribution < -0.4 is 0 Å². The fourth-order valence-electron chi connectivity index (χ4n) is 7.50. The second kappa shape index (κ2) is 4.84. The van der Waals surface area contributed by atoms with Crippen LogP contribution in [0.1, 0.15) is 65.2 Å². The van der Waals surface area contributed by atoms with Crippen molar-refractivity contribution in [1.29, 1.82) is 0 Å². The summed E-state index contributed by atoms with van der Waals surface area (Å²) in [6.45, 7) is 5.04. The number of carbonyl (C=O) groups is 1. The highest BCUT2D eigenvalue weighted by Gasteiger charge is 2.63. The lowest BCUT2D eigenvalue weighted by Crippen LogP contribution is -2.57. The summed E-state index contributed by atoms with van der Waals surface area (Å²) in [5.74, 6) is 0.789.